The van der Waals surface area contributed by atoms with Gasteiger partial charge in [-0.15, -0.1) is 0 Å². The van der Waals surface area contributed by atoms with Crippen LogP contribution < -0.4 is 4.31 Å². The van der Waals surface area contributed by atoms with Crippen molar-refractivity contribution in [2.45, 2.75) is 11.4 Å². The van der Waals surface area contributed by atoms with E-state index in [0.717, 1.165) is 28.6 Å². The first-order chi connectivity index (χ1) is 14.5. The highest BCUT2D eigenvalue weighted by atomic mass is 32.2. The lowest BCUT2D eigenvalue weighted by molar-refractivity contribution is 0.497. The number of halogens is 1. The Balaban J connectivity index is 1.85. The van der Waals surface area contributed by atoms with Crippen molar-refractivity contribution in [2.75, 3.05) is 4.31 Å². The summed E-state index contributed by atoms with van der Waals surface area (Å²) in [5.74, 6) is -0.407. The fraction of sp³-hybridized carbons (Fsp3) is 0.0476. The molecule has 0 spiro atoms. The van der Waals surface area contributed by atoms with Crippen LogP contribution in [0.1, 0.15) is 11.5 Å². The van der Waals surface area contributed by atoms with E-state index in [2.05, 4.69) is 4.98 Å². The largest absolute Gasteiger partial charge is 0.467 e. The first-order valence-electron chi connectivity index (χ1n) is 8.76. The number of rotatable bonds is 6. The van der Waals surface area contributed by atoms with Gasteiger partial charge in [0.15, 0.2) is 0 Å². The standard InChI is InChI=1S/C21H14FN3O4S/c22-16-8-10-18(11-9-16)30(26,27)25(14-17-7-4-12-28-17)21-19(13-23)24-20(29-21)15-5-2-1-3-6-15/h1-12H,14H2. The number of hydrogen-bond donors (Lipinski definition) is 0. The number of benzene rings is 2. The number of nitriles is 1. The zero-order valence-electron chi connectivity index (χ0n) is 15.4. The van der Waals surface area contributed by atoms with Gasteiger partial charge >= 0.3 is 0 Å². The van der Waals surface area contributed by atoms with Crippen LogP contribution in [0.2, 0.25) is 0 Å². The second-order valence-corrected chi connectivity index (χ2v) is 8.06. The van der Waals surface area contributed by atoms with Gasteiger partial charge in [-0.3, -0.25) is 0 Å². The molecule has 150 valence electrons. The maximum Gasteiger partial charge on any atom is 0.267 e. The average molecular weight is 423 g/mol. The first-order valence-corrected chi connectivity index (χ1v) is 10.2. The monoisotopic (exact) mass is 423 g/mol. The van der Waals surface area contributed by atoms with Crippen LogP contribution in [0, 0.1) is 17.1 Å². The molecule has 0 amide bonds. The minimum Gasteiger partial charge on any atom is -0.467 e. The molecule has 0 aliphatic carbocycles. The van der Waals surface area contributed by atoms with Gasteiger partial charge in [0, 0.05) is 5.56 Å². The van der Waals surface area contributed by atoms with Crippen LogP contribution >= 0.6 is 0 Å². The molecular weight excluding hydrogens is 409 g/mol. The summed E-state index contributed by atoms with van der Waals surface area (Å²) in [7, 11) is -4.23. The summed E-state index contributed by atoms with van der Waals surface area (Å²) in [6, 6.07) is 18.2. The molecule has 2 aromatic heterocycles. The minimum atomic E-state index is -4.23. The molecule has 0 saturated carbocycles. The number of aromatic nitrogens is 1. The summed E-state index contributed by atoms with van der Waals surface area (Å²) in [4.78, 5) is 3.98. The van der Waals surface area contributed by atoms with Crippen LogP contribution in [0.4, 0.5) is 10.3 Å². The van der Waals surface area contributed by atoms with Gasteiger partial charge in [-0.1, -0.05) is 18.2 Å². The normalized spacial score (nSPS) is 11.2. The van der Waals surface area contributed by atoms with Crippen LogP contribution in [0.25, 0.3) is 11.5 Å². The molecule has 0 N–H and O–H groups in total. The molecule has 7 nitrogen and oxygen atoms in total. The number of sulfonamides is 1. The van der Waals surface area contributed by atoms with Gasteiger partial charge in [-0.25, -0.2) is 17.1 Å². The summed E-state index contributed by atoms with van der Waals surface area (Å²) in [5.41, 5.74) is 0.378. The molecule has 0 bridgehead atoms. The number of oxazole rings is 1. The number of furan rings is 1. The topological polar surface area (TPSA) is 100 Å². The van der Waals surface area contributed by atoms with Crippen LogP contribution in [0.15, 0.2) is 86.7 Å². The fourth-order valence-electron chi connectivity index (χ4n) is 2.80. The lowest BCUT2D eigenvalue weighted by atomic mass is 10.2. The molecule has 30 heavy (non-hydrogen) atoms. The van der Waals surface area contributed by atoms with E-state index in [-0.39, 0.29) is 28.9 Å². The highest BCUT2D eigenvalue weighted by Gasteiger charge is 2.32. The van der Waals surface area contributed by atoms with Crippen molar-refractivity contribution in [3.63, 3.8) is 0 Å². The predicted octanol–water partition coefficient (Wildman–Crippen LogP) is 4.34. The Morgan fingerprint density at radius 3 is 2.40 bits per heavy atom. The van der Waals surface area contributed by atoms with E-state index >= 15 is 0 Å². The Morgan fingerprint density at radius 1 is 1.03 bits per heavy atom. The van der Waals surface area contributed by atoms with Crippen molar-refractivity contribution in [1.29, 1.82) is 5.26 Å². The van der Waals surface area contributed by atoms with E-state index in [9.17, 15) is 18.1 Å². The molecule has 0 radical (unpaired) electrons. The zero-order valence-corrected chi connectivity index (χ0v) is 16.2. The molecule has 0 saturated heterocycles. The second-order valence-electron chi connectivity index (χ2n) is 6.20. The second kappa shape index (κ2) is 7.85. The third kappa shape index (κ3) is 3.68. The third-order valence-corrected chi connectivity index (χ3v) is 5.99. The van der Waals surface area contributed by atoms with Crippen molar-refractivity contribution in [2.24, 2.45) is 0 Å². The summed E-state index contributed by atoms with van der Waals surface area (Å²) < 4.78 is 51.9. The maximum absolute atomic E-state index is 13.3. The molecule has 0 aliphatic heterocycles. The first kappa shape index (κ1) is 19.4. The van der Waals surface area contributed by atoms with Gasteiger partial charge < -0.3 is 8.83 Å². The van der Waals surface area contributed by atoms with Crippen molar-refractivity contribution >= 4 is 15.9 Å². The van der Waals surface area contributed by atoms with E-state index in [1.807, 2.05) is 6.07 Å². The highest BCUT2D eigenvalue weighted by molar-refractivity contribution is 7.92. The smallest absolute Gasteiger partial charge is 0.267 e. The molecule has 2 aromatic carbocycles. The molecular formula is C21H14FN3O4S. The SMILES string of the molecule is N#Cc1nc(-c2ccccc2)oc1N(Cc1ccco1)S(=O)(=O)c1ccc(F)cc1. The molecule has 4 rings (SSSR count). The Labute approximate surface area is 171 Å². The molecule has 4 aromatic rings. The number of hydrogen-bond acceptors (Lipinski definition) is 6. The van der Waals surface area contributed by atoms with Gasteiger partial charge in [-0.2, -0.15) is 10.2 Å². The zero-order chi connectivity index (χ0) is 21.1. The van der Waals surface area contributed by atoms with Crippen molar-refractivity contribution in [1.82, 2.24) is 4.98 Å². The summed E-state index contributed by atoms with van der Waals surface area (Å²) in [5, 5.41) is 9.56. The van der Waals surface area contributed by atoms with E-state index < -0.39 is 15.8 Å². The minimum absolute atomic E-state index is 0.0981. The quantitative estimate of drug-likeness (QED) is 0.457. The highest BCUT2D eigenvalue weighted by Crippen LogP contribution is 2.33. The van der Waals surface area contributed by atoms with Gasteiger partial charge in [0.1, 0.15) is 17.6 Å². The Bertz CT molecular complexity index is 1290. The predicted molar refractivity (Wildman–Crippen MR) is 105 cm³/mol. The Hall–Kier alpha value is -3.90. The lowest BCUT2D eigenvalue weighted by Gasteiger charge is -2.20. The molecule has 2 heterocycles. The van der Waals surface area contributed by atoms with Gasteiger partial charge in [-0.05, 0) is 48.5 Å². The molecule has 0 unspecified atom stereocenters. The Morgan fingerprint density at radius 2 is 1.77 bits per heavy atom. The fourth-order valence-corrected chi connectivity index (χ4v) is 4.18. The third-order valence-electron chi connectivity index (χ3n) is 4.24. The molecule has 0 atom stereocenters. The molecule has 0 aliphatic rings. The van der Waals surface area contributed by atoms with E-state index in [1.165, 1.54) is 6.26 Å². The van der Waals surface area contributed by atoms with Crippen LogP contribution in [0.5, 0.6) is 0 Å². The van der Waals surface area contributed by atoms with Gasteiger partial charge in [0.25, 0.3) is 10.0 Å². The van der Waals surface area contributed by atoms with Gasteiger partial charge in [0.05, 0.1) is 17.7 Å². The molecule has 0 fully saturated rings. The summed E-state index contributed by atoms with van der Waals surface area (Å²) in [6.07, 6.45) is 1.40. The van der Waals surface area contributed by atoms with Gasteiger partial charge in [0.2, 0.25) is 17.5 Å². The van der Waals surface area contributed by atoms with E-state index in [0.29, 0.717) is 11.3 Å². The van der Waals surface area contributed by atoms with Crippen molar-refractivity contribution < 1.29 is 21.6 Å². The van der Waals surface area contributed by atoms with Crippen LogP contribution in [-0.2, 0) is 16.6 Å². The summed E-state index contributed by atoms with van der Waals surface area (Å²) >= 11 is 0. The number of nitrogens with zero attached hydrogens (tertiary/aromatic N) is 3. The van der Waals surface area contributed by atoms with E-state index in [4.69, 9.17) is 8.83 Å². The van der Waals surface area contributed by atoms with Crippen molar-refractivity contribution in [3.05, 3.63) is 90.3 Å². The number of anilines is 1. The van der Waals surface area contributed by atoms with Crippen molar-refractivity contribution in [3.8, 4) is 17.5 Å². The Kier molecular flexibility index (Phi) is 5.08. The van der Waals surface area contributed by atoms with Crippen LogP contribution in [-0.4, -0.2) is 13.4 Å². The maximum atomic E-state index is 13.3. The lowest BCUT2D eigenvalue weighted by Crippen LogP contribution is -2.30. The summed E-state index contributed by atoms with van der Waals surface area (Å²) in [6.45, 7) is -0.245. The van der Waals surface area contributed by atoms with Crippen LogP contribution in [0.3, 0.4) is 0 Å². The average Bonchev–Trinajstić information content (AvgIpc) is 3.42. The molecule has 9 heteroatoms. The van der Waals surface area contributed by atoms with E-state index in [1.54, 1.807) is 42.5 Å².